The summed E-state index contributed by atoms with van der Waals surface area (Å²) in [7, 11) is 0. The molecule has 3 aromatic rings. The molecule has 1 aromatic heterocycles. The second kappa shape index (κ2) is 9.06. The maximum atomic E-state index is 13.2. The second-order valence-electron chi connectivity index (χ2n) is 10.0. The third-order valence-electron chi connectivity index (χ3n) is 5.90. The topological polar surface area (TPSA) is 92.9 Å². The number of hydrogen-bond acceptors (Lipinski definition) is 6. The van der Waals surface area contributed by atoms with E-state index >= 15 is 0 Å². The molecule has 1 fully saturated rings. The highest BCUT2D eigenvalue weighted by atomic mass is 16.5. The number of rotatable bonds is 5. The van der Waals surface area contributed by atoms with Gasteiger partial charge in [-0.05, 0) is 61.6 Å². The summed E-state index contributed by atoms with van der Waals surface area (Å²) in [6.45, 7) is 11.9. The smallest absolute Gasteiger partial charge is 0.301 e. The fourth-order valence-electron chi connectivity index (χ4n) is 4.14. The minimum atomic E-state index is -0.861. The second-order valence-corrected chi connectivity index (χ2v) is 10.0. The van der Waals surface area contributed by atoms with Crippen molar-refractivity contribution in [3.8, 4) is 5.75 Å². The Morgan fingerprint density at radius 3 is 2.20 bits per heavy atom. The Balaban J connectivity index is 1.85. The molecule has 0 saturated carbocycles. The van der Waals surface area contributed by atoms with Gasteiger partial charge >= 0.3 is 5.91 Å². The minimum Gasteiger partial charge on any atom is -0.507 e. The largest absolute Gasteiger partial charge is 0.507 e. The van der Waals surface area contributed by atoms with Crippen molar-refractivity contribution in [3.63, 3.8) is 0 Å². The van der Waals surface area contributed by atoms with E-state index in [1.54, 1.807) is 37.3 Å². The van der Waals surface area contributed by atoms with E-state index in [0.717, 1.165) is 5.56 Å². The predicted molar refractivity (Wildman–Crippen MR) is 133 cm³/mol. The summed E-state index contributed by atoms with van der Waals surface area (Å²) < 4.78 is 10.9. The van der Waals surface area contributed by atoms with Crippen LogP contribution in [0.2, 0.25) is 0 Å². The molecule has 1 saturated heterocycles. The van der Waals surface area contributed by atoms with Crippen LogP contribution in [-0.2, 0) is 15.0 Å². The van der Waals surface area contributed by atoms with Gasteiger partial charge in [0.1, 0.15) is 17.3 Å². The molecule has 7 nitrogen and oxygen atoms in total. The molecular weight excluding hydrogens is 444 g/mol. The number of carbonyl (C=O) groups is 2. The van der Waals surface area contributed by atoms with E-state index in [1.807, 2.05) is 38.1 Å². The Kier molecular flexibility index (Phi) is 6.28. The average molecular weight is 475 g/mol. The van der Waals surface area contributed by atoms with Gasteiger partial charge in [-0.3, -0.25) is 14.5 Å². The predicted octanol–water partition coefficient (Wildman–Crippen LogP) is 5.69. The van der Waals surface area contributed by atoms with Crippen LogP contribution in [0, 0.1) is 6.92 Å². The summed E-state index contributed by atoms with van der Waals surface area (Å²) >= 11 is 0. The van der Waals surface area contributed by atoms with E-state index in [4.69, 9.17) is 9.26 Å². The number of ether oxygens (including phenoxy) is 1. The van der Waals surface area contributed by atoms with Gasteiger partial charge < -0.3 is 14.4 Å². The van der Waals surface area contributed by atoms with Gasteiger partial charge in [0.05, 0.1) is 17.7 Å². The van der Waals surface area contributed by atoms with Gasteiger partial charge in [0.25, 0.3) is 5.78 Å². The summed E-state index contributed by atoms with van der Waals surface area (Å²) in [5.74, 6) is -0.449. The number of aromatic nitrogens is 1. The van der Waals surface area contributed by atoms with Crippen LogP contribution in [0.15, 0.2) is 64.7 Å². The number of nitrogens with zero attached hydrogens (tertiary/aromatic N) is 2. The van der Waals surface area contributed by atoms with E-state index < -0.39 is 17.7 Å². The highest BCUT2D eigenvalue weighted by Crippen LogP contribution is 2.42. The molecule has 0 spiro atoms. The normalized spacial score (nSPS) is 17.9. The van der Waals surface area contributed by atoms with Crippen LogP contribution < -0.4 is 9.64 Å². The van der Waals surface area contributed by atoms with Gasteiger partial charge in [-0.1, -0.05) is 50.2 Å². The zero-order chi connectivity index (χ0) is 25.5. The number of amides is 1. The fourth-order valence-corrected chi connectivity index (χ4v) is 4.14. The van der Waals surface area contributed by atoms with Crippen molar-refractivity contribution in [2.45, 2.75) is 59.1 Å². The van der Waals surface area contributed by atoms with Crippen LogP contribution in [0.25, 0.3) is 5.76 Å². The Labute approximate surface area is 205 Å². The number of ketones is 1. The Morgan fingerprint density at radius 2 is 1.69 bits per heavy atom. The molecule has 1 amide bonds. The average Bonchev–Trinajstić information content (AvgIpc) is 3.33. The minimum absolute atomic E-state index is 0.00163. The van der Waals surface area contributed by atoms with Crippen molar-refractivity contribution < 1.29 is 24.0 Å². The van der Waals surface area contributed by atoms with Crippen molar-refractivity contribution in [1.82, 2.24) is 5.16 Å². The summed E-state index contributed by atoms with van der Waals surface area (Å²) in [6.07, 6.45) is 0.00163. The van der Waals surface area contributed by atoms with Crippen molar-refractivity contribution in [2.75, 3.05) is 4.90 Å². The van der Waals surface area contributed by atoms with E-state index in [9.17, 15) is 14.7 Å². The van der Waals surface area contributed by atoms with Crippen molar-refractivity contribution in [1.29, 1.82) is 0 Å². The van der Waals surface area contributed by atoms with Crippen LogP contribution in [0.5, 0.6) is 5.75 Å². The molecule has 2 aromatic carbocycles. The van der Waals surface area contributed by atoms with E-state index in [2.05, 4.69) is 25.9 Å². The van der Waals surface area contributed by atoms with Gasteiger partial charge in [-0.15, -0.1) is 0 Å². The molecule has 0 bridgehead atoms. The molecular formula is C28H30N2O5. The number of carbonyl (C=O) groups excluding carboxylic acids is 2. The van der Waals surface area contributed by atoms with Gasteiger partial charge in [-0.25, -0.2) is 0 Å². The van der Waals surface area contributed by atoms with Crippen LogP contribution in [-0.4, -0.2) is 28.1 Å². The van der Waals surface area contributed by atoms with E-state index in [0.29, 0.717) is 22.6 Å². The molecule has 35 heavy (non-hydrogen) atoms. The lowest BCUT2D eigenvalue weighted by atomic mass is 9.85. The first kappa shape index (κ1) is 24.3. The van der Waals surface area contributed by atoms with E-state index in [1.165, 1.54) is 4.90 Å². The van der Waals surface area contributed by atoms with E-state index in [-0.39, 0.29) is 28.7 Å². The molecule has 1 unspecified atom stereocenters. The van der Waals surface area contributed by atoms with Gasteiger partial charge in [0.2, 0.25) is 0 Å². The summed E-state index contributed by atoms with van der Waals surface area (Å²) in [6, 6.07) is 15.2. The summed E-state index contributed by atoms with van der Waals surface area (Å²) in [5, 5.41) is 15.2. The van der Waals surface area contributed by atoms with Crippen LogP contribution in [0.3, 0.4) is 0 Å². The molecule has 1 aliphatic rings. The molecule has 2 heterocycles. The Hall–Kier alpha value is -3.87. The number of Topliss-reactive ketones (excluding diaryl/α,β-unsaturated/α-hetero) is 1. The first-order valence-electron chi connectivity index (χ1n) is 11.6. The third kappa shape index (κ3) is 4.71. The highest BCUT2D eigenvalue weighted by molar-refractivity contribution is 6.51. The number of hydrogen-bond donors (Lipinski definition) is 1. The zero-order valence-corrected chi connectivity index (χ0v) is 20.8. The van der Waals surface area contributed by atoms with Gasteiger partial charge in [0.15, 0.2) is 5.82 Å². The van der Waals surface area contributed by atoms with Crippen molar-refractivity contribution in [2.24, 2.45) is 0 Å². The number of aliphatic hydroxyl groups excluding tert-OH is 1. The standard InChI is InChI=1S/C28H30N2O5/c1-16(2)34-21-13-9-19(10-14-21)25(31)23-24(18-7-11-20(12-8-18)28(4,5)6)30(27(33)26(23)32)22-15-17(3)35-29-22/h7-16,24,31H,1-6H3. The van der Waals surface area contributed by atoms with Gasteiger partial charge in [0, 0.05) is 11.6 Å². The maximum absolute atomic E-state index is 13.2. The summed E-state index contributed by atoms with van der Waals surface area (Å²) in [4.78, 5) is 27.7. The maximum Gasteiger partial charge on any atom is 0.301 e. The highest BCUT2D eigenvalue weighted by Gasteiger charge is 2.48. The van der Waals surface area contributed by atoms with Crippen LogP contribution in [0.1, 0.15) is 63.1 Å². The molecule has 1 N–H and O–H groups in total. The lowest BCUT2D eigenvalue weighted by Crippen LogP contribution is -2.29. The van der Waals surface area contributed by atoms with Crippen molar-refractivity contribution in [3.05, 3.63) is 82.6 Å². The third-order valence-corrected chi connectivity index (χ3v) is 5.90. The fraction of sp³-hybridized carbons (Fsp3) is 0.321. The Bertz CT molecular complexity index is 1280. The molecule has 1 aliphatic heterocycles. The molecule has 7 heteroatoms. The number of aryl methyl sites for hydroxylation is 1. The Morgan fingerprint density at radius 1 is 1.06 bits per heavy atom. The molecule has 0 radical (unpaired) electrons. The molecule has 4 rings (SSSR count). The number of benzene rings is 2. The molecule has 182 valence electrons. The summed E-state index contributed by atoms with van der Waals surface area (Å²) in [5.41, 5.74) is 2.13. The van der Waals surface area contributed by atoms with Crippen molar-refractivity contribution >= 4 is 23.3 Å². The quantitative estimate of drug-likeness (QED) is 0.290. The van der Waals surface area contributed by atoms with Crippen LogP contribution in [0.4, 0.5) is 5.82 Å². The van der Waals surface area contributed by atoms with Gasteiger partial charge in [-0.2, -0.15) is 0 Å². The number of anilines is 1. The zero-order valence-electron chi connectivity index (χ0n) is 20.8. The molecule has 0 aliphatic carbocycles. The first-order valence-corrected chi connectivity index (χ1v) is 11.6. The monoisotopic (exact) mass is 474 g/mol. The lowest BCUT2D eigenvalue weighted by Gasteiger charge is -2.24. The first-order chi connectivity index (χ1) is 16.5. The molecule has 1 atom stereocenters. The lowest BCUT2D eigenvalue weighted by molar-refractivity contribution is -0.132. The SMILES string of the molecule is Cc1cc(N2C(=O)C(=O)C(=C(O)c3ccc(OC(C)C)cc3)C2c2ccc(C(C)(C)C)cc2)no1. The number of aliphatic hydroxyl groups is 1. The van der Waals surface area contributed by atoms with Crippen LogP contribution >= 0.6 is 0 Å².